The molecule has 0 aromatic heterocycles. The van der Waals surface area contributed by atoms with Crippen molar-refractivity contribution in [1.29, 1.82) is 0 Å². The number of likely N-dealkylation sites (N-methyl/N-ethyl adjacent to an activating group) is 1. The monoisotopic (exact) mass is 370 g/mol. The number of benzene rings is 1. The molecule has 2 N–H and O–H groups in total. The van der Waals surface area contributed by atoms with Crippen LogP contribution < -0.4 is 5.73 Å². The number of nitrogens with zero attached hydrogens (tertiary/aromatic N) is 3. The SMILES string of the molecule is C.CN1C(=O)C(CN(P)C(N)=NP)C1C(=O)OCc1ccccc1. The second-order valence-electron chi connectivity index (χ2n) is 5.23. The number of hydrogen-bond acceptors (Lipinski definition) is 4. The van der Waals surface area contributed by atoms with Gasteiger partial charge < -0.3 is 20.0 Å². The first kappa shape index (κ1) is 20.3. The van der Waals surface area contributed by atoms with Crippen LogP contribution in [0, 0.1) is 5.92 Å². The van der Waals surface area contributed by atoms with Gasteiger partial charge in [0, 0.05) is 13.6 Å². The number of amides is 1. The lowest BCUT2D eigenvalue weighted by atomic mass is 9.88. The van der Waals surface area contributed by atoms with Gasteiger partial charge in [0.25, 0.3) is 0 Å². The highest BCUT2D eigenvalue weighted by Crippen LogP contribution is 2.28. The van der Waals surface area contributed by atoms with Gasteiger partial charge in [0.1, 0.15) is 12.6 Å². The van der Waals surface area contributed by atoms with Gasteiger partial charge in [0.2, 0.25) is 5.91 Å². The minimum atomic E-state index is -0.605. The molecule has 7 nitrogen and oxygen atoms in total. The van der Waals surface area contributed by atoms with Gasteiger partial charge in [-0.05, 0) is 24.3 Å². The van der Waals surface area contributed by atoms with Crippen LogP contribution in [0.3, 0.4) is 0 Å². The van der Waals surface area contributed by atoms with Gasteiger partial charge >= 0.3 is 5.97 Å². The van der Waals surface area contributed by atoms with Gasteiger partial charge in [0.15, 0.2) is 5.96 Å². The van der Waals surface area contributed by atoms with E-state index in [2.05, 4.69) is 23.5 Å². The summed E-state index contributed by atoms with van der Waals surface area (Å²) in [6.07, 6.45) is 0. The molecule has 132 valence electrons. The third kappa shape index (κ3) is 4.43. The number of β-lactam (4-membered cyclic amide) rings is 1. The summed E-state index contributed by atoms with van der Waals surface area (Å²) in [5.41, 5.74) is 6.57. The molecule has 1 aromatic rings. The third-order valence-corrected chi connectivity index (χ3v) is 4.49. The van der Waals surface area contributed by atoms with Crippen LogP contribution in [0.25, 0.3) is 0 Å². The highest BCUT2D eigenvalue weighted by atomic mass is 31.0. The van der Waals surface area contributed by atoms with E-state index in [-0.39, 0.29) is 32.4 Å². The molecule has 1 fully saturated rings. The molecule has 1 aromatic carbocycles. The zero-order valence-electron chi connectivity index (χ0n) is 12.8. The van der Waals surface area contributed by atoms with E-state index in [0.717, 1.165) is 5.56 Å². The minimum Gasteiger partial charge on any atom is -0.459 e. The smallest absolute Gasteiger partial charge is 0.330 e. The molecule has 1 saturated heterocycles. The van der Waals surface area contributed by atoms with E-state index in [0.29, 0.717) is 0 Å². The molecular formula is C15H24N4O3P2. The Labute approximate surface area is 147 Å². The summed E-state index contributed by atoms with van der Waals surface area (Å²) in [5.74, 6) is -0.777. The lowest BCUT2D eigenvalue weighted by Gasteiger charge is -2.44. The topological polar surface area (TPSA) is 88.2 Å². The summed E-state index contributed by atoms with van der Waals surface area (Å²) < 4.78 is 10.6. The van der Waals surface area contributed by atoms with Gasteiger partial charge in [-0.1, -0.05) is 37.8 Å². The normalized spacial score (nSPS) is 20.0. The van der Waals surface area contributed by atoms with Gasteiger partial charge in [-0.25, -0.2) is 9.56 Å². The molecule has 1 amide bonds. The maximum absolute atomic E-state index is 12.3. The molecule has 1 aliphatic rings. The quantitative estimate of drug-likeness (QED) is 0.275. The first-order valence-electron chi connectivity index (χ1n) is 6.98. The fraction of sp³-hybridized carbons (Fsp3) is 0.400. The minimum absolute atomic E-state index is 0. The number of esters is 1. The Balaban J connectivity index is 0.00000288. The van der Waals surface area contributed by atoms with E-state index in [1.165, 1.54) is 4.90 Å². The molecule has 0 bridgehead atoms. The average molecular weight is 370 g/mol. The number of likely N-dealkylation sites (tertiary alicyclic amines) is 1. The van der Waals surface area contributed by atoms with E-state index in [1.54, 1.807) is 11.7 Å². The maximum atomic E-state index is 12.3. The van der Waals surface area contributed by atoms with Crippen molar-refractivity contribution in [3.05, 3.63) is 35.9 Å². The lowest BCUT2D eigenvalue weighted by molar-refractivity contribution is -0.173. The molecule has 1 aliphatic heterocycles. The molecule has 1 heterocycles. The van der Waals surface area contributed by atoms with E-state index in [4.69, 9.17) is 10.5 Å². The number of hydrogen-bond donors (Lipinski definition) is 1. The zero-order chi connectivity index (χ0) is 17.0. The molecular weight excluding hydrogens is 346 g/mol. The van der Waals surface area contributed by atoms with E-state index in [1.807, 2.05) is 30.3 Å². The number of rotatable bonds is 5. The molecule has 0 saturated carbocycles. The Morgan fingerprint density at radius 1 is 1.42 bits per heavy atom. The molecule has 2 rings (SSSR count). The van der Waals surface area contributed by atoms with Gasteiger partial charge in [-0.2, -0.15) is 0 Å². The Morgan fingerprint density at radius 2 is 2.04 bits per heavy atom. The summed E-state index contributed by atoms with van der Waals surface area (Å²) in [4.78, 5) is 25.7. The Morgan fingerprint density at radius 3 is 2.62 bits per heavy atom. The molecule has 0 spiro atoms. The summed E-state index contributed by atoms with van der Waals surface area (Å²) in [7, 11) is 6.13. The summed E-state index contributed by atoms with van der Waals surface area (Å²) in [6.45, 7) is 0.466. The second-order valence-corrected chi connectivity index (χ2v) is 6.11. The second kappa shape index (κ2) is 8.95. The largest absolute Gasteiger partial charge is 0.459 e. The van der Waals surface area contributed by atoms with Crippen LogP contribution >= 0.6 is 18.8 Å². The molecule has 0 aliphatic carbocycles. The van der Waals surface area contributed by atoms with Crippen LogP contribution in [0.5, 0.6) is 0 Å². The van der Waals surface area contributed by atoms with Crippen LogP contribution in [0.1, 0.15) is 13.0 Å². The van der Waals surface area contributed by atoms with Crippen molar-refractivity contribution >= 4 is 36.6 Å². The van der Waals surface area contributed by atoms with Crippen molar-refractivity contribution in [2.45, 2.75) is 20.1 Å². The number of ether oxygens (including phenoxy) is 1. The van der Waals surface area contributed by atoms with Crippen molar-refractivity contribution in [3.8, 4) is 0 Å². The fourth-order valence-electron chi connectivity index (χ4n) is 2.42. The summed E-state index contributed by atoms with van der Waals surface area (Å²) in [6, 6.07) is 8.79. The summed E-state index contributed by atoms with van der Waals surface area (Å²) in [5, 5.41) is 0. The van der Waals surface area contributed by atoms with Crippen LogP contribution in [0.4, 0.5) is 0 Å². The van der Waals surface area contributed by atoms with Crippen molar-refractivity contribution in [3.63, 3.8) is 0 Å². The van der Waals surface area contributed by atoms with Crippen LogP contribution in [-0.4, -0.2) is 47.0 Å². The van der Waals surface area contributed by atoms with Crippen LogP contribution in [0.2, 0.25) is 0 Å². The highest BCUT2D eigenvalue weighted by Gasteiger charge is 2.50. The lowest BCUT2D eigenvalue weighted by Crippen LogP contribution is -2.65. The number of carbonyl (C=O) groups is 2. The number of carbonyl (C=O) groups excluding carboxylic acids is 2. The van der Waals surface area contributed by atoms with Crippen LogP contribution in [0.15, 0.2) is 35.1 Å². The number of nitrogens with two attached hydrogens (primary N) is 1. The standard InChI is InChI=1S/C14H20N4O3P2.CH4/c1-17-11(10(12(17)19)7-18(23)14(15)16-22)13(20)21-8-9-5-3-2-4-6-9;/h2-6,10-11H,7-8,22-23H2,1H3,(H2,15,16);1H4. The predicted molar refractivity (Wildman–Crippen MR) is 101 cm³/mol. The van der Waals surface area contributed by atoms with E-state index in [9.17, 15) is 9.59 Å². The third-order valence-electron chi connectivity index (χ3n) is 3.75. The first-order chi connectivity index (χ1) is 11.0. The van der Waals surface area contributed by atoms with Crippen molar-refractivity contribution < 1.29 is 14.3 Å². The molecule has 4 unspecified atom stereocenters. The Bertz CT molecular complexity index is 612. The molecule has 4 atom stereocenters. The molecule has 24 heavy (non-hydrogen) atoms. The predicted octanol–water partition coefficient (Wildman–Crippen LogP) is 1.02. The van der Waals surface area contributed by atoms with Crippen molar-refractivity contribution in [2.24, 2.45) is 16.4 Å². The first-order valence-corrected chi connectivity index (χ1v) is 8.01. The highest BCUT2D eigenvalue weighted by molar-refractivity contribution is 7.16. The van der Waals surface area contributed by atoms with Crippen LogP contribution in [-0.2, 0) is 20.9 Å². The van der Waals surface area contributed by atoms with Gasteiger partial charge in [-0.3, -0.25) is 4.79 Å². The zero-order valence-corrected chi connectivity index (χ0v) is 15.1. The Kier molecular flexibility index (Phi) is 7.59. The maximum Gasteiger partial charge on any atom is 0.330 e. The van der Waals surface area contributed by atoms with Crippen molar-refractivity contribution in [1.82, 2.24) is 9.57 Å². The number of guanidine groups is 1. The molecule has 9 heteroatoms. The average Bonchev–Trinajstić information content (AvgIpc) is 2.58. The molecule has 0 radical (unpaired) electrons. The Hall–Kier alpha value is -1.71. The van der Waals surface area contributed by atoms with Crippen molar-refractivity contribution in [2.75, 3.05) is 13.6 Å². The summed E-state index contributed by atoms with van der Waals surface area (Å²) >= 11 is 0. The van der Waals surface area contributed by atoms with Gasteiger partial charge in [0.05, 0.1) is 5.92 Å². The fourth-order valence-corrected chi connectivity index (χ4v) is 2.99. The van der Waals surface area contributed by atoms with E-state index < -0.39 is 17.9 Å². The van der Waals surface area contributed by atoms with Gasteiger partial charge in [-0.15, -0.1) is 0 Å². The van der Waals surface area contributed by atoms with E-state index >= 15 is 0 Å².